The minimum atomic E-state index is -0.428. The molecule has 4 rings (SSSR count). The van der Waals surface area contributed by atoms with Crippen molar-refractivity contribution in [2.45, 2.75) is 45.1 Å². The van der Waals surface area contributed by atoms with Crippen LogP contribution >= 0.6 is 0 Å². The van der Waals surface area contributed by atoms with Crippen LogP contribution in [0.25, 0.3) is 11.5 Å². The summed E-state index contributed by atoms with van der Waals surface area (Å²) >= 11 is 0. The van der Waals surface area contributed by atoms with Crippen molar-refractivity contribution in [3.8, 4) is 11.5 Å². The second-order valence-corrected chi connectivity index (χ2v) is 7.98. The number of hydrogen-bond donors (Lipinski definition) is 0. The first kappa shape index (κ1) is 21.2. The average Bonchev–Trinajstić information content (AvgIpc) is 3.45. The maximum atomic E-state index is 13.3. The van der Waals surface area contributed by atoms with Gasteiger partial charge in [0.15, 0.2) is 5.82 Å². The Bertz CT molecular complexity index is 1030. The maximum Gasteiger partial charge on any atom is 0.259 e. The number of hydrogen-bond acceptors (Lipinski definition) is 7. The number of carbonyl (C=O) groups is 1. The standard InChI is InChI=1S/C22H28N6O3/c1-4-28-16(2)18(14-24-28)20(29)27-11-6-8-22(15-27,9-12-30-3)21-25-19(31-26-21)17-7-5-10-23-13-17/h5,7,10,13-14H,4,6,8-9,11-12,15H2,1-3H3. The van der Waals surface area contributed by atoms with Crippen LogP contribution in [0.1, 0.15) is 48.1 Å². The van der Waals surface area contributed by atoms with E-state index in [2.05, 4.69) is 15.2 Å². The third-order valence-corrected chi connectivity index (χ3v) is 6.09. The Balaban J connectivity index is 1.63. The number of rotatable bonds is 7. The molecule has 1 aliphatic heterocycles. The summed E-state index contributed by atoms with van der Waals surface area (Å²) < 4.78 is 12.8. The third kappa shape index (κ3) is 4.10. The average molecular weight is 425 g/mol. The summed E-state index contributed by atoms with van der Waals surface area (Å²) in [7, 11) is 1.68. The minimum Gasteiger partial charge on any atom is -0.385 e. The predicted molar refractivity (Wildman–Crippen MR) is 113 cm³/mol. The fourth-order valence-corrected chi connectivity index (χ4v) is 4.29. The molecule has 3 aromatic rings. The van der Waals surface area contributed by atoms with E-state index in [-0.39, 0.29) is 5.91 Å². The van der Waals surface area contributed by atoms with Crippen molar-refractivity contribution in [1.29, 1.82) is 0 Å². The molecule has 0 spiro atoms. The topological polar surface area (TPSA) is 99.2 Å². The highest BCUT2D eigenvalue weighted by atomic mass is 16.5. The fraction of sp³-hybridized carbons (Fsp3) is 0.500. The number of aryl methyl sites for hydroxylation is 1. The van der Waals surface area contributed by atoms with Gasteiger partial charge in [-0.25, -0.2) is 0 Å². The quantitative estimate of drug-likeness (QED) is 0.575. The summed E-state index contributed by atoms with van der Waals surface area (Å²) in [6.45, 7) is 6.43. The van der Waals surface area contributed by atoms with E-state index in [1.54, 1.807) is 25.7 Å². The fourth-order valence-electron chi connectivity index (χ4n) is 4.29. The normalized spacial score (nSPS) is 19.0. The monoisotopic (exact) mass is 424 g/mol. The van der Waals surface area contributed by atoms with Gasteiger partial charge in [0.25, 0.3) is 11.8 Å². The van der Waals surface area contributed by atoms with Gasteiger partial charge in [-0.1, -0.05) is 5.16 Å². The molecule has 1 unspecified atom stereocenters. The molecule has 1 fully saturated rings. The number of pyridine rings is 1. The van der Waals surface area contributed by atoms with Gasteiger partial charge in [0, 0.05) is 51.4 Å². The van der Waals surface area contributed by atoms with Crippen LogP contribution in [-0.2, 0) is 16.7 Å². The van der Waals surface area contributed by atoms with Gasteiger partial charge in [0.2, 0.25) is 0 Å². The second-order valence-electron chi connectivity index (χ2n) is 7.98. The molecule has 1 saturated heterocycles. The highest BCUT2D eigenvalue weighted by molar-refractivity contribution is 5.95. The molecule has 0 radical (unpaired) electrons. The van der Waals surface area contributed by atoms with Crippen LogP contribution in [0.3, 0.4) is 0 Å². The van der Waals surface area contributed by atoms with Crippen molar-refractivity contribution in [2.24, 2.45) is 0 Å². The first-order valence-electron chi connectivity index (χ1n) is 10.6. The van der Waals surface area contributed by atoms with Crippen LogP contribution < -0.4 is 0 Å². The molecule has 0 saturated carbocycles. The van der Waals surface area contributed by atoms with E-state index in [0.717, 1.165) is 30.6 Å². The molecule has 0 aromatic carbocycles. The Morgan fingerprint density at radius 1 is 1.35 bits per heavy atom. The van der Waals surface area contributed by atoms with Gasteiger partial charge in [-0.05, 0) is 45.2 Å². The molecule has 0 bridgehead atoms. The minimum absolute atomic E-state index is 0.00494. The van der Waals surface area contributed by atoms with Crippen LogP contribution in [0.5, 0.6) is 0 Å². The molecule has 9 nitrogen and oxygen atoms in total. The smallest absolute Gasteiger partial charge is 0.259 e. The molecule has 3 aromatic heterocycles. The lowest BCUT2D eigenvalue weighted by atomic mass is 9.76. The zero-order valence-electron chi connectivity index (χ0n) is 18.2. The molecular weight excluding hydrogens is 396 g/mol. The van der Waals surface area contributed by atoms with Crippen molar-refractivity contribution in [2.75, 3.05) is 26.8 Å². The molecule has 1 atom stereocenters. The summed E-state index contributed by atoms with van der Waals surface area (Å²) in [6, 6.07) is 3.72. The SMILES string of the molecule is CCn1ncc(C(=O)N2CCCC(CCOC)(c3noc(-c4cccnc4)n3)C2)c1C. The van der Waals surface area contributed by atoms with Gasteiger partial charge >= 0.3 is 0 Å². The number of aromatic nitrogens is 5. The Kier molecular flexibility index (Phi) is 6.13. The zero-order chi connectivity index (χ0) is 21.8. The number of amides is 1. The van der Waals surface area contributed by atoms with Gasteiger partial charge in [-0.2, -0.15) is 10.1 Å². The summed E-state index contributed by atoms with van der Waals surface area (Å²) in [5.41, 5.74) is 1.88. The summed E-state index contributed by atoms with van der Waals surface area (Å²) in [5.74, 6) is 1.04. The molecule has 4 heterocycles. The van der Waals surface area contributed by atoms with Gasteiger partial charge in [0.1, 0.15) is 0 Å². The molecule has 9 heteroatoms. The zero-order valence-corrected chi connectivity index (χ0v) is 18.2. The van der Waals surface area contributed by atoms with Crippen molar-refractivity contribution in [1.82, 2.24) is 29.8 Å². The number of likely N-dealkylation sites (tertiary alicyclic amines) is 1. The molecule has 0 N–H and O–H groups in total. The highest BCUT2D eigenvalue weighted by Gasteiger charge is 2.42. The molecule has 164 valence electrons. The van der Waals surface area contributed by atoms with E-state index < -0.39 is 5.41 Å². The summed E-state index contributed by atoms with van der Waals surface area (Å²) in [5, 5.41) is 8.65. The van der Waals surface area contributed by atoms with Crippen LogP contribution in [0.2, 0.25) is 0 Å². The largest absolute Gasteiger partial charge is 0.385 e. The Morgan fingerprint density at radius 2 is 2.23 bits per heavy atom. The maximum absolute atomic E-state index is 13.3. The molecule has 1 aliphatic rings. The van der Waals surface area contributed by atoms with Crippen LogP contribution in [0.4, 0.5) is 0 Å². The van der Waals surface area contributed by atoms with Crippen LogP contribution in [-0.4, -0.2) is 62.5 Å². The number of piperidine rings is 1. The second kappa shape index (κ2) is 8.97. The van der Waals surface area contributed by atoms with Gasteiger partial charge in [0.05, 0.1) is 22.7 Å². The third-order valence-electron chi connectivity index (χ3n) is 6.09. The van der Waals surface area contributed by atoms with Gasteiger partial charge in [-0.15, -0.1) is 0 Å². The van der Waals surface area contributed by atoms with Crippen molar-refractivity contribution >= 4 is 5.91 Å². The van der Waals surface area contributed by atoms with Crippen molar-refractivity contribution in [3.05, 3.63) is 47.8 Å². The lowest BCUT2D eigenvalue weighted by Crippen LogP contribution is -2.49. The molecule has 0 aliphatic carbocycles. The number of methoxy groups -OCH3 is 1. The summed E-state index contributed by atoms with van der Waals surface area (Å²) in [4.78, 5) is 24.1. The Hall–Kier alpha value is -3.07. The Labute approximate surface area is 181 Å². The summed E-state index contributed by atoms with van der Waals surface area (Å²) in [6.07, 6.45) is 7.48. The van der Waals surface area contributed by atoms with Crippen LogP contribution in [0.15, 0.2) is 35.2 Å². The lowest BCUT2D eigenvalue weighted by molar-refractivity contribution is 0.0566. The highest BCUT2D eigenvalue weighted by Crippen LogP contribution is 2.37. The Morgan fingerprint density at radius 3 is 2.94 bits per heavy atom. The van der Waals surface area contributed by atoms with E-state index in [1.807, 2.05) is 35.6 Å². The first-order chi connectivity index (χ1) is 15.1. The lowest BCUT2D eigenvalue weighted by Gasteiger charge is -2.40. The van der Waals surface area contributed by atoms with Crippen molar-refractivity contribution in [3.63, 3.8) is 0 Å². The van der Waals surface area contributed by atoms with Crippen molar-refractivity contribution < 1.29 is 14.1 Å². The van der Waals surface area contributed by atoms with Gasteiger partial charge in [-0.3, -0.25) is 14.5 Å². The van der Waals surface area contributed by atoms with E-state index in [9.17, 15) is 4.79 Å². The van der Waals surface area contributed by atoms with E-state index in [0.29, 0.717) is 43.4 Å². The predicted octanol–water partition coefficient (Wildman–Crippen LogP) is 2.87. The van der Waals surface area contributed by atoms with Crippen LogP contribution in [0, 0.1) is 6.92 Å². The first-order valence-corrected chi connectivity index (χ1v) is 10.6. The molecule has 1 amide bonds. The molecular formula is C22H28N6O3. The van der Waals surface area contributed by atoms with E-state index in [4.69, 9.17) is 14.2 Å². The number of ether oxygens (including phenoxy) is 1. The molecule has 31 heavy (non-hydrogen) atoms. The number of carbonyl (C=O) groups excluding carboxylic acids is 1. The van der Waals surface area contributed by atoms with E-state index >= 15 is 0 Å². The number of nitrogens with zero attached hydrogens (tertiary/aromatic N) is 6. The van der Waals surface area contributed by atoms with Gasteiger partial charge < -0.3 is 14.2 Å². The van der Waals surface area contributed by atoms with E-state index in [1.165, 1.54) is 0 Å².